The standard InChI is InChI=1S/C17H16N2O2/c1-13(14-7-3-2-4-8-14)17(20)19-15-9-5-6-10-16(15)21-12-11-18/h2-10,13H,12H2,1H3,(H,19,20). The summed E-state index contributed by atoms with van der Waals surface area (Å²) in [5, 5.41) is 11.4. The molecule has 0 radical (unpaired) electrons. The molecular weight excluding hydrogens is 264 g/mol. The van der Waals surface area contributed by atoms with Crippen LogP contribution in [0.25, 0.3) is 0 Å². The number of rotatable bonds is 5. The van der Waals surface area contributed by atoms with Gasteiger partial charge in [0.05, 0.1) is 11.6 Å². The molecule has 1 N–H and O–H groups in total. The second-order valence-corrected chi connectivity index (χ2v) is 4.56. The van der Waals surface area contributed by atoms with Gasteiger partial charge in [-0.3, -0.25) is 4.79 Å². The van der Waals surface area contributed by atoms with Gasteiger partial charge in [-0.1, -0.05) is 42.5 Å². The van der Waals surface area contributed by atoms with Gasteiger partial charge in [0.15, 0.2) is 6.61 Å². The maximum atomic E-state index is 12.3. The number of hydrogen-bond acceptors (Lipinski definition) is 3. The molecule has 21 heavy (non-hydrogen) atoms. The molecule has 0 aliphatic heterocycles. The molecule has 0 aromatic heterocycles. The molecule has 1 amide bonds. The minimum atomic E-state index is -0.268. The molecule has 0 bridgehead atoms. The first-order valence-corrected chi connectivity index (χ1v) is 6.67. The van der Waals surface area contributed by atoms with Gasteiger partial charge in [0.1, 0.15) is 11.8 Å². The third kappa shape index (κ3) is 3.83. The number of amides is 1. The van der Waals surface area contributed by atoms with Gasteiger partial charge >= 0.3 is 0 Å². The summed E-state index contributed by atoms with van der Waals surface area (Å²) in [5.74, 6) is 0.108. The van der Waals surface area contributed by atoms with Crippen molar-refractivity contribution in [2.75, 3.05) is 11.9 Å². The second kappa shape index (κ2) is 7.11. The quantitative estimate of drug-likeness (QED) is 0.913. The molecule has 4 nitrogen and oxygen atoms in total. The topological polar surface area (TPSA) is 62.1 Å². The molecule has 106 valence electrons. The summed E-state index contributed by atoms with van der Waals surface area (Å²) in [7, 11) is 0. The maximum absolute atomic E-state index is 12.3. The summed E-state index contributed by atoms with van der Waals surface area (Å²) in [6, 6.07) is 18.6. The smallest absolute Gasteiger partial charge is 0.231 e. The zero-order valence-electron chi connectivity index (χ0n) is 11.7. The van der Waals surface area contributed by atoms with Crippen molar-refractivity contribution >= 4 is 11.6 Å². The Balaban J connectivity index is 2.11. The molecule has 0 heterocycles. The lowest BCUT2D eigenvalue weighted by atomic mass is 10.0. The number of carbonyl (C=O) groups is 1. The van der Waals surface area contributed by atoms with Gasteiger partial charge in [0.25, 0.3) is 0 Å². The van der Waals surface area contributed by atoms with E-state index in [0.717, 1.165) is 5.56 Å². The fraction of sp³-hybridized carbons (Fsp3) is 0.176. The largest absolute Gasteiger partial charge is 0.477 e. The van der Waals surface area contributed by atoms with Gasteiger partial charge in [0.2, 0.25) is 5.91 Å². The molecule has 0 fully saturated rings. The SMILES string of the molecule is CC(C(=O)Nc1ccccc1OCC#N)c1ccccc1. The Labute approximate surface area is 124 Å². The normalized spacial score (nSPS) is 11.2. The van der Waals surface area contributed by atoms with Crippen molar-refractivity contribution < 1.29 is 9.53 Å². The van der Waals surface area contributed by atoms with Crippen molar-refractivity contribution in [3.8, 4) is 11.8 Å². The summed E-state index contributed by atoms with van der Waals surface area (Å²) in [6.45, 7) is 1.80. The lowest BCUT2D eigenvalue weighted by molar-refractivity contribution is -0.117. The van der Waals surface area contributed by atoms with Crippen LogP contribution in [0.3, 0.4) is 0 Å². The van der Waals surface area contributed by atoms with Crippen molar-refractivity contribution in [2.24, 2.45) is 0 Å². The van der Waals surface area contributed by atoms with E-state index < -0.39 is 0 Å². The molecule has 2 aromatic rings. The van der Waals surface area contributed by atoms with E-state index in [4.69, 9.17) is 10.00 Å². The zero-order valence-corrected chi connectivity index (χ0v) is 11.7. The van der Waals surface area contributed by atoms with E-state index in [-0.39, 0.29) is 18.4 Å². The fourth-order valence-electron chi connectivity index (χ4n) is 1.94. The van der Waals surface area contributed by atoms with Crippen molar-refractivity contribution in [1.82, 2.24) is 0 Å². The van der Waals surface area contributed by atoms with Gasteiger partial charge in [-0.15, -0.1) is 0 Å². The molecule has 0 saturated carbocycles. The van der Waals surface area contributed by atoms with Crippen LogP contribution in [0.5, 0.6) is 5.75 Å². The van der Waals surface area contributed by atoms with Gasteiger partial charge in [-0.05, 0) is 24.6 Å². The van der Waals surface area contributed by atoms with Crippen molar-refractivity contribution in [2.45, 2.75) is 12.8 Å². The van der Waals surface area contributed by atoms with Gasteiger partial charge in [-0.2, -0.15) is 5.26 Å². The van der Waals surface area contributed by atoms with E-state index in [1.807, 2.05) is 49.4 Å². The fourth-order valence-corrected chi connectivity index (χ4v) is 1.94. The summed E-state index contributed by atoms with van der Waals surface area (Å²) < 4.78 is 5.30. The Bertz CT molecular complexity index is 647. The summed E-state index contributed by atoms with van der Waals surface area (Å²) in [6.07, 6.45) is 0. The number of anilines is 1. The van der Waals surface area contributed by atoms with Crippen molar-refractivity contribution in [1.29, 1.82) is 5.26 Å². The summed E-state index contributed by atoms with van der Waals surface area (Å²) in [5.41, 5.74) is 1.52. The van der Waals surface area contributed by atoms with E-state index in [1.54, 1.807) is 18.2 Å². The van der Waals surface area contributed by atoms with E-state index in [2.05, 4.69) is 5.32 Å². The molecular formula is C17H16N2O2. The lowest BCUT2D eigenvalue weighted by Crippen LogP contribution is -2.19. The predicted octanol–water partition coefficient (Wildman–Crippen LogP) is 3.33. The number of nitriles is 1. The average molecular weight is 280 g/mol. The van der Waals surface area contributed by atoms with E-state index >= 15 is 0 Å². The highest BCUT2D eigenvalue weighted by atomic mass is 16.5. The molecule has 0 saturated heterocycles. The molecule has 2 rings (SSSR count). The Morgan fingerprint density at radius 1 is 1.19 bits per heavy atom. The zero-order chi connectivity index (χ0) is 15.1. The molecule has 0 aliphatic rings. The highest BCUT2D eigenvalue weighted by molar-refractivity contribution is 5.96. The van der Waals surface area contributed by atoms with Crippen LogP contribution < -0.4 is 10.1 Å². The Morgan fingerprint density at radius 3 is 2.57 bits per heavy atom. The Kier molecular flexibility index (Phi) is 4.94. The Hall–Kier alpha value is -2.80. The first-order valence-electron chi connectivity index (χ1n) is 6.67. The van der Waals surface area contributed by atoms with Gasteiger partial charge in [-0.25, -0.2) is 0 Å². The van der Waals surface area contributed by atoms with Crippen LogP contribution in [0, 0.1) is 11.3 Å². The third-order valence-corrected chi connectivity index (χ3v) is 3.13. The Morgan fingerprint density at radius 2 is 1.86 bits per heavy atom. The number of ether oxygens (including phenoxy) is 1. The first-order chi connectivity index (χ1) is 10.2. The van der Waals surface area contributed by atoms with Crippen LogP contribution in [-0.2, 0) is 4.79 Å². The molecule has 1 unspecified atom stereocenters. The number of benzene rings is 2. The lowest BCUT2D eigenvalue weighted by Gasteiger charge is -2.14. The van der Waals surface area contributed by atoms with Crippen LogP contribution in [0.15, 0.2) is 54.6 Å². The van der Waals surface area contributed by atoms with E-state index in [9.17, 15) is 4.79 Å². The first kappa shape index (κ1) is 14.6. The van der Waals surface area contributed by atoms with Crippen LogP contribution in [0.4, 0.5) is 5.69 Å². The number of hydrogen-bond donors (Lipinski definition) is 1. The molecule has 0 spiro atoms. The van der Waals surface area contributed by atoms with E-state index in [0.29, 0.717) is 11.4 Å². The van der Waals surface area contributed by atoms with E-state index in [1.165, 1.54) is 0 Å². The maximum Gasteiger partial charge on any atom is 0.231 e. The number of carbonyl (C=O) groups excluding carboxylic acids is 1. The molecule has 0 aliphatic carbocycles. The second-order valence-electron chi connectivity index (χ2n) is 4.56. The number of nitrogens with one attached hydrogen (secondary N) is 1. The van der Waals surface area contributed by atoms with Crippen LogP contribution in [-0.4, -0.2) is 12.5 Å². The van der Waals surface area contributed by atoms with Crippen LogP contribution in [0.1, 0.15) is 18.4 Å². The minimum absolute atomic E-state index is 0.0544. The highest BCUT2D eigenvalue weighted by Crippen LogP contribution is 2.25. The van der Waals surface area contributed by atoms with Crippen molar-refractivity contribution in [3.63, 3.8) is 0 Å². The summed E-state index contributed by atoms with van der Waals surface area (Å²) in [4.78, 5) is 12.3. The van der Waals surface area contributed by atoms with Crippen molar-refractivity contribution in [3.05, 3.63) is 60.2 Å². The monoisotopic (exact) mass is 280 g/mol. The van der Waals surface area contributed by atoms with Gasteiger partial charge < -0.3 is 10.1 Å². The van der Waals surface area contributed by atoms with Gasteiger partial charge in [0, 0.05) is 0 Å². The average Bonchev–Trinajstić information content (AvgIpc) is 2.54. The summed E-state index contributed by atoms with van der Waals surface area (Å²) >= 11 is 0. The molecule has 4 heteroatoms. The molecule has 1 atom stereocenters. The van der Waals surface area contributed by atoms with Crippen LogP contribution >= 0.6 is 0 Å². The number of nitrogens with zero attached hydrogens (tertiary/aromatic N) is 1. The third-order valence-electron chi connectivity index (χ3n) is 3.13. The highest BCUT2D eigenvalue weighted by Gasteiger charge is 2.16. The van der Waals surface area contributed by atoms with Crippen LogP contribution in [0.2, 0.25) is 0 Å². The molecule has 2 aromatic carbocycles. The number of para-hydroxylation sites is 2. The predicted molar refractivity (Wildman–Crippen MR) is 81.0 cm³/mol. The minimum Gasteiger partial charge on any atom is -0.477 e.